The Morgan fingerprint density at radius 2 is 2.26 bits per heavy atom. The molecule has 0 saturated heterocycles. The predicted octanol–water partition coefficient (Wildman–Crippen LogP) is 2.12. The molecule has 0 atom stereocenters. The lowest BCUT2D eigenvalue weighted by Crippen LogP contribution is -2.08. The number of Topliss-reactive ketones (excluding diaryl/α,β-unsaturated/α-hetero) is 1. The molecule has 0 saturated carbocycles. The third kappa shape index (κ3) is 2.26. The molecule has 4 heteroatoms. The summed E-state index contributed by atoms with van der Waals surface area (Å²) in [5, 5.41) is 7.57. The van der Waals surface area contributed by atoms with Crippen LogP contribution in [0.25, 0.3) is 0 Å². The number of hydrogen-bond donors (Lipinski definition) is 1. The maximum atomic E-state index is 12.3. The first kappa shape index (κ1) is 12.0. The molecule has 0 amide bonds. The quantitative estimate of drug-likeness (QED) is 0.855. The standard InChI is InChI=1S/C15H17N3O/c1-10-7-13(18(2)17-10)9-15(19)12-3-4-14-11(8-12)5-6-16-14/h3-4,7-8,16H,5-6,9H2,1-2H3. The van der Waals surface area contributed by atoms with Gasteiger partial charge in [0.15, 0.2) is 5.78 Å². The fraction of sp³-hybridized carbons (Fsp3) is 0.333. The van der Waals surface area contributed by atoms with Crippen molar-refractivity contribution in [1.82, 2.24) is 9.78 Å². The van der Waals surface area contributed by atoms with E-state index in [0.717, 1.165) is 35.6 Å². The van der Waals surface area contributed by atoms with Gasteiger partial charge >= 0.3 is 0 Å². The van der Waals surface area contributed by atoms with Gasteiger partial charge in [0.25, 0.3) is 0 Å². The minimum atomic E-state index is 0.151. The zero-order chi connectivity index (χ0) is 13.4. The highest BCUT2D eigenvalue weighted by Crippen LogP contribution is 2.23. The maximum Gasteiger partial charge on any atom is 0.168 e. The molecule has 1 N–H and O–H groups in total. The summed E-state index contributed by atoms with van der Waals surface area (Å²) < 4.78 is 1.78. The molecule has 3 rings (SSSR count). The summed E-state index contributed by atoms with van der Waals surface area (Å²) >= 11 is 0. The second kappa shape index (κ2) is 4.53. The summed E-state index contributed by atoms with van der Waals surface area (Å²) in [6.45, 7) is 2.91. The molecule has 2 aromatic rings. The van der Waals surface area contributed by atoms with Gasteiger partial charge in [0.2, 0.25) is 0 Å². The van der Waals surface area contributed by atoms with E-state index in [4.69, 9.17) is 0 Å². The molecule has 4 nitrogen and oxygen atoms in total. The minimum absolute atomic E-state index is 0.151. The highest BCUT2D eigenvalue weighted by Gasteiger charge is 2.15. The molecular formula is C15H17N3O. The van der Waals surface area contributed by atoms with E-state index in [0.29, 0.717) is 6.42 Å². The summed E-state index contributed by atoms with van der Waals surface area (Å²) in [7, 11) is 1.88. The van der Waals surface area contributed by atoms with Crippen molar-refractivity contribution in [1.29, 1.82) is 0 Å². The Kier molecular flexibility index (Phi) is 2.85. The summed E-state index contributed by atoms with van der Waals surface area (Å²) in [6, 6.07) is 7.89. The van der Waals surface area contributed by atoms with E-state index in [9.17, 15) is 4.79 Å². The van der Waals surface area contributed by atoms with Gasteiger partial charge in [0, 0.05) is 30.5 Å². The van der Waals surface area contributed by atoms with Crippen molar-refractivity contribution in [3.05, 3.63) is 46.8 Å². The number of rotatable bonds is 3. The van der Waals surface area contributed by atoms with Crippen LogP contribution in [0.2, 0.25) is 0 Å². The Morgan fingerprint density at radius 3 is 3.00 bits per heavy atom. The monoisotopic (exact) mass is 255 g/mol. The van der Waals surface area contributed by atoms with Gasteiger partial charge in [-0.1, -0.05) is 0 Å². The third-order valence-corrected chi connectivity index (χ3v) is 3.58. The van der Waals surface area contributed by atoms with E-state index >= 15 is 0 Å². The average molecular weight is 255 g/mol. The molecule has 0 spiro atoms. The summed E-state index contributed by atoms with van der Waals surface area (Å²) in [5.74, 6) is 0.151. The fourth-order valence-electron chi connectivity index (χ4n) is 2.57. The number of hydrogen-bond acceptors (Lipinski definition) is 3. The van der Waals surface area contributed by atoms with Crippen LogP contribution in [0.4, 0.5) is 5.69 Å². The van der Waals surface area contributed by atoms with Crippen molar-refractivity contribution in [2.75, 3.05) is 11.9 Å². The molecule has 98 valence electrons. The SMILES string of the molecule is Cc1cc(CC(=O)c2ccc3c(c2)CCN3)n(C)n1. The van der Waals surface area contributed by atoms with Gasteiger partial charge in [-0.2, -0.15) is 5.10 Å². The van der Waals surface area contributed by atoms with Crippen LogP contribution < -0.4 is 5.32 Å². The topological polar surface area (TPSA) is 46.9 Å². The first-order valence-electron chi connectivity index (χ1n) is 6.53. The van der Waals surface area contributed by atoms with Crippen LogP contribution in [0.5, 0.6) is 0 Å². The number of nitrogens with zero attached hydrogens (tertiary/aromatic N) is 2. The molecular weight excluding hydrogens is 238 g/mol. The van der Waals surface area contributed by atoms with Crippen LogP contribution in [-0.2, 0) is 19.9 Å². The van der Waals surface area contributed by atoms with Crippen molar-refractivity contribution in [2.24, 2.45) is 7.05 Å². The first-order chi connectivity index (χ1) is 9.13. The maximum absolute atomic E-state index is 12.3. The van der Waals surface area contributed by atoms with E-state index < -0.39 is 0 Å². The third-order valence-electron chi connectivity index (χ3n) is 3.58. The number of fused-ring (bicyclic) bond motifs is 1. The van der Waals surface area contributed by atoms with Crippen molar-refractivity contribution < 1.29 is 4.79 Å². The zero-order valence-corrected chi connectivity index (χ0v) is 11.2. The van der Waals surface area contributed by atoms with Gasteiger partial charge < -0.3 is 5.32 Å². The number of aryl methyl sites for hydroxylation is 2. The molecule has 0 bridgehead atoms. The molecule has 19 heavy (non-hydrogen) atoms. The second-order valence-electron chi connectivity index (χ2n) is 5.05. The van der Waals surface area contributed by atoms with Crippen molar-refractivity contribution in [3.8, 4) is 0 Å². The number of carbonyl (C=O) groups excluding carboxylic acids is 1. The van der Waals surface area contributed by atoms with E-state index in [1.165, 1.54) is 5.56 Å². The number of anilines is 1. The number of benzene rings is 1. The number of ketones is 1. The fourth-order valence-corrected chi connectivity index (χ4v) is 2.57. The highest BCUT2D eigenvalue weighted by atomic mass is 16.1. The Hall–Kier alpha value is -2.10. The smallest absolute Gasteiger partial charge is 0.168 e. The van der Waals surface area contributed by atoms with Gasteiger partial charge in [-0.25, -0.2) is 0 Å². The lowest BCUT2D eigenvalue weighted by atomic mass is 10.0. The first-order valence-corrected chi connectivity index (χ1v) is 6.53. The Morgan fingerprint density at radius 1 is 1.42 bits per heavy atom. The minimum Gasteiger partial charge on any atom is -0.384 e. The molecule has 1 aromatic carbocycles. The lowest BCUT2D eigenvalue weighted by molar-refractivity contribution is 0.0990. The molecule has 0 radical (unpaired) electrons. The van der Waals surface area contributed by atoms with Crippen molar-refractivity contribution in [3.63, 3.8) is 0 Å². The Balaban J connectivity index is 1.82. The van der Waals surface area contributed by atoms with Crippen molar-refractivity contribution >= 4 is 11.5 Å². The Bertz CT molecular complexity index is 643. The van der Waals surface area contributed by atoms with Crippen LogP contribution in [0.1, 0.15) is 27.3 Å². The van der Waals surface area contributed by atoms with Gasteiger partial charge in [0.05, 0.1) is 12.1 Å². The van der Waals surface area contributed by atoms with Gasteiger partial charge in [0.1, 0.15) is 0 Å². The molecule has 1 aliphatic rings. The van der Waals surface area contributed by atoms with Gasteiger partial charge in [-0.05, 0) is 43.2 Å². The van der Waals surface area contributed by atoms with E-state index in [-0.39, 0.29) is 5.78 Å². The second-order valence-corrected chi connectivity index (χ2v) is 5.05. The zero-order valence-electron chi connectivity index (χ0n) is 11.2. The van der Waals surface area contributed by atoms with Crippen LogP contribution in [-0.4, -0.2) is 22.1 Å². The summed E-state index contributed by atoms with van der Waals surface area (Å²) in [4.78, 5) is 12.3. The summed E-state index contributed by atoms with van der Waals surface area (Å²) in [5.41, 5.74) is 5.10. The summed E-state index contributed by atoms with van der Waals surface area (Å²) in [6.07, 6.45) is 1.41. The molecule has 0 fully saturated rings. The van der Waals surface area contributed by atoms with E-state index in [1.807, 2.05) is 38.2 Å². The number of carbonyl (C=O) groups is 1. The van der Waals surface area contributed by atoms with Gasteiger partial charge in [-0.3, -0.25) is 9.48 Å². The Labute approximate surface area is 112 Å². The van der Waals surface area contributed by atoms with Crippen LogP contribution in [0, 0.1) is 6.92 Å². The molecule has 2 heterocycles. The van der Waals surface area contributed by atoms with Gasteiger partial charge in [-0.15, -0.1) is 0 Å². The molecule has 1 aliphatic heterocycles. The predicted molar refractivity (Wildman–Crippen MR) is 74.6 cm³/mol. The average Bonchev–Trinajstić information content (AvgIpc) is 2.95. The van der Waals surface area contributed by atoms with E-state index in [2.05, 4.69) is 10.4 Å². The largest absolute Gasteiger partial charge is 0.384 e. The van der Waals surface area contributed by atoms with Crippen LogP contribution in [0.15, 0.2) is 24.3 Å². The van der Waals surface area contributed by atoms with Crippen LogP contribution >= 0.6 is 0 Å². The molecule has 1 aromatic heterocycles. The van der Waals surface area contributed by atoms with E-state index in [1.54, 1.807) is 4.68 Å². The number of aromatic nitrogens is 2. The molecule has 0 aliphatic carbocycles. The number of nitrogens with one attached hydrogen (secondary N) is 1. The normalized spacial score (nSPS) is 13.2. The highest BCUT2D eigenvalue weighted by molar-refractivity contribution is 5.98. The lowest BCUT2D eigenvalue weighted by Gasteiger charge is -2.04. The van der Waals surface area contributed by atoms with Crippen molar-refractivity contribution in [2.45, 2.75) is 19.8 Å². The molecule has 0 unspecified atom stereocenters. The van der Waals surface area contributed by atoms with Crippen LogP contribution in [0.3, 0.4) is 0 Å².